The van der Waals surface area contributed by atoms with Gasteiger partial charge < -0.3 is 25.4 Å². The van der Waals surface area contributed by atoms with Crippen LogP contribution in [0.1, 0.15) is 20.3 Å². The molecule has 0 aliphatic heterocycles. The molecule has 0 aliphatic carbocycles. The van der Waals surface area contributed by atoms with Crippen LogP contribution < -0.4 is 20.7 Å². The van der Waals surface area contributed by atoms with Crippen molar-refractivity contribution in [3.05, 3.63) is 54.6 Å². The van der Waals surface area contributed by atoms with Crippen LogP contribution in [0.5, 0.6) is 5.75 Å². The second-order valence-corrected chi connectivity index (χ2v) is 6.05. The zero-order valence-corrected chi connectivity index (χ0v) is 16.4. The number of rotatable bonds is 9. The van der Waals surface area contributed by atoms with Gasteiger partial charge in [0.1, 0.15) is 5.75 Å². The quantitative estimate of drug-likeness (QED) is 0.562. The normalized spacial score (nSPS) is 11.1. The van der Waals surface area contributed by atoms with Gasteiger partial charge in [-0.1, -0.05) is 30.3 Å². The lowest BCUT2D eigenvalue weighted by Crippen LogP contribution is -2.33. The van der Waals surface area contributed by atoms with Crippen LogP contribution in [-0.4, -0.2) is 37.2 Å². The van der Waals surface area contributed by atoms with Crippen molar-refractivity contribution in [1.29, 1.82) is 0 Å². The van der Waals surface area contributed by atoms with Crippen molar-refractivity contribution in [3.8, 4) is 5.75 Å². The van der Waals surface area contributed by atoms with Crippen molar-refractivity contribution < 1.29 is 23.9 Å². The van der Waals surface area contributed by atoms with Crippen LogP contribution in [0.3, 0.4) is 0 Å². The van der Waals surface area contributed by atoms with Gasteiger partial charge in [-0.3, -0.25) is 9.59 Å². The third-order valence-electron chi connectivity index (χ3n) is 3.77. The summed E-state index contributed by atoms with van der Waals surface area (Å²) in [7, 11) is 0. The van der Waals surface area contributed by atoms with Crippen LogP contribution in [0.4, 0.5) is 16.2 Å². The molecule has 3 amide bonds. The van der Waals surface area contributed by atoms with Gasteiger partial charge in [0, 0.05) is 12.2 Å². The van der Waals surface area contributed by atoms with Crippen LogP contribution >= 0.6 is 0 Å². The number of carbonyl (C=O) groups excluding carboxylic acids is 3. The van der Waals surface area contributed by atoms with E-state index >= 15 is 0 Å². The smallest absolute Gasteiger partial charge is 0.319 e. The topological polar surface area (TPSA) is 106 Å². The highest BCUT2D eigenvalue weighted by molar-refractivity contribution is 5.96. The summed E-state index contributed by atoms with van der Waals surface area (Å²) in [6, 6.07) is 15.5. The Morgan fingerprint density at radius 3 is 2.38 bits per heavy atom. The zero-order valence-electron chi connectivity index (χ0n) is 16.4. The fourth-order valence-electron chi connectivity index (χ4n) is 2.37. The Bertz CT molecular complexity index is 826. The highest BCUT2D eigenvalue weighted by Gasteiger charge is 2.19. The van der Waals surface area contributed by atoms with Crippen molar-refractivity contribution >= 4 is 29.3 Å². The molecule has 29 heavy (non-hydrogen) atoms. The van der Waals surface area contributed by atoms with Gasteiger partial charge >= 0.3 is 12.0 Å². The minimum Gasteiger partial charge on any atom is -0.492 e. The first-order valence-electron chi connectivity index (χ1n) is 9.31. The molecule has 0 aromatic heterocycles. The molecule has 0 unspecified atom stereocenters. The lowest BCUT2D eigenvalue weighted by molar-refractivity contribution is -0.153. The predicted molar refractivity (Wildman–Crippen MR) is 110 cm³/mol. The van der Waals surface area contributed by atoms with E-state index in [9.17, 15) is 14.4 Å². The van der Waals surface area contributed by atoms with Gasteiger partial charge in [0.25, 0.3) is 5.91 Å². The van der Waals surface area contributed by atoms with Gasteiger partial charge in [-0.25, -0.2) is 4.79 Å². The first-order valence-corrected chi connectivity index (χ1v) is 9.31. The molecular formula is C21H25N3O5. The molecule has 0 heterocycles. The molecule has 154 valence electrons. The predicted octanol–water partition coefficient (Wildman–Crippen LogP) is 3.17. The van der Waals surface area contributed by atoms with Gasteiger partial charge in [-0.15, -0.1) is 0 Å². The van der Waals surface area contributed by atoms with E-state index < -0.39 is 24.0 Å². The van der Waals surface area contributed by atoms with E-state index in [0.717, 1.165) is 0 Å². The molecule has 8 heteroatoms. The standard InChI is InChI=1S/C21H25N3O5/c1-3-28-18-12-8-7-11-17(18)24-20(26)15(2)29-19(25)13-14-22-21(27)23-16-9-5-4-6-10-16/h4-12,15H,3,13-14H2,1-2H3,(H,24,26)(H2,22,23,27)/t15-/m0/s1. The number of nitrogens with one attached hydrogen (secondary N) is 3. The van der Waals surface area contributed by atoms with E-state index in [0.29, 0.717) is 23.7 Å². The van der Waals surface area contributed by atoms with Crippen LogP contribution in [0.15, 0.2) is 54.6 Å². The van der Waals surface area contributed by atoms with E-state index in [1.807, 2.05) is 13.0 Å². The summed E-state index contributed by atoms with van der Waals surface area (Å²) in [4.78, 5) is 35.9. The molecule has 1 atom stereocenters. The third-order valence-corrected chi connectivity index (χ3v) is 3.77. The molecule has 2 rings (SSSR count). The molecule has 0 radical (unpaired) electrons. The first-order chi connectivity index (χ1) is 14.0. The Balaban J connectivity index is 1.72. The lowest BCUT2D eigenvalue weighted by Gasteiger charge is -2.15. The lowest BCUT2D eigenvalue weighted by atomic mass is 10.2. The van der Waals surface area contributed by atoms with Crippen LogP contribution in [0.2, 0.25) is 0 Å². The monoisotopic (exact) mass is 399 g/mol. The average Bonchev–Trinajstić information content (AvgIpc) is 2.70. The largest absolute Gasteiger partial charge is 0.492 e. The molecule has 0 bridgehead atoms. The van der Waals surface area contributed by atoms with Crippen LogP contribution in [-0.2, 0) is 14.3 Å². The first kappa shape index (κ1) is 21.7. The van der Waals surface area contributed by atoms with E-state index in [-0.39, 0.29) is 13.0 Å². The Morgan fingerprint density at radius 2 is 1.66 bits per heavy atom. The highest BCUT2D eigenvalue weighted by atomic mass is 16.5. The zero-order chi connectivity index (χ0) is 21.1. The molecule has 0 fully saturated rings. The summed E-state index contributed by atoms with van der Waals surface area (Å²) < 4.78 is 10.6. The maximum atomic E-state index is 12.3. The van der Waals surface area contributed by atoms with Crippen molar-refractivity contribution in [1.82, 2.24) is 5.32 Å². The van der Waals surface area contributed by atoms with Crippen molar-refractivity contribution in [2.45, 2.75) is 26.4 Å². The maximum absolute atomic E-state index is 12.3. The number of anilines is 2. The summed E-state index contributed by atoms with van der Waals surface area (Å²) in [6.07, 6.45) is -1.05. The minimum atomic E-state index is -0.990. The Kier molecular flexibility index (Phi) is 8.50. The van der Waals surface area contributed by atoms with E-state index in [2.05, 4.69) is 16.0 Å². The Labute approximate surface area is 169 Å². The number of carbonyl (C=O) groups is 3. The molecule has 2 aromatic carbocycles. The fraction of sp³-hybridized carbons (Fsp3) is 0.286. The minimum absolute atomic E-state index is 0.0602. The van der Waals surface area contributed by atoms with E-state index in [4.69, 9.17) is 9.47 Å². The average molecular weight is 399 g/mol. The highest BCUT2D eigenvalue weighted by Crippen LogP contribution is 2.23. The maximum Gasteiger partial charge on any atom is 0.319 e. The van der Waals surface area contributed by atoms with Crippen molar-refractivity contribution in [3.63, 3.8) is 0 Å². The molecule has 2 aromatic rings. The third kappa shape index (κ3) is 7.53. The van der Waals surface area contributed by atoms with Crippen molar-refractivity contribution in [2.75, 3.05) is 23.8 Å². The molecule has 8 nitrogen and oxygen atoms in total. The van der Waals surface area contributed by atoms with Gasteiger partial charge in [0.05, 0.1) is 18.7 Å². The van der Waals surface area contributed by atoms with E-state index in [1.165, 1.54) is 6.92 Å². The van der Waals surface area contributed by atoms with E-state index in [1.54, 1.807) is 48.5 Å². The summed E-state index contributed by atoms with van der Waals surface area (Å²) in [5, 5.41) is 7.88. The Hall–Kier alpha value is -3.55. The summed E-state index contributed by atoms with van der Waals surface area (Å²) in [5.74, 6) is -0.526. The number of esters is 1. The van der Waals surface area contributed by atoms with Gasteiger partial charge in [-0.05, 0) is 38.1 Å². The van der Waals surface area contributed by atoms with Gasteiger partial charge in [0.15, 0.2) is 6.10 Å². The van der Waals surface area contributed by atoms with Crippen molar-refractivity contribution in [2.24, 2.45) is 0 Å². The molecule has 0 aliphatic rings. The summed E-state index contributed by atoms with van der Waals surface area (Å²) in [6.45, 7) is 3.87. The molecule has 3 N–H and O–H groups in total. The van der Waals surface area contributed by atoms with Gasteiger partial charge in [-0.2, -0.15) is 0 Å². The molecule has 0 saturated heterocycles. The van der Waals surface area contributed by atoms with Crippen LogP contribution in [0.25, 0.3) is 0 Å². The molecule has 0 spiro atoms. The van der Waals surface area contributed by atoms with Gasteiger partial charge in [0.2, 0.25) is 0 Å². The number of para-hydroxylation sites is 3. The number of urea groups is 1. The van der Waals surface area contributed by atoms with Crippen LogP contribution in [0, 0.1) is 0 Å². The Morgan fingerprint density at radius 1 is 0.966 bits per heavy atom. The SMILES string of the molecule is CCOc1ccccc1NC(=O)[C@H](C)OC(=O)CCNC(=O)Nc1ccccc1. The second kappa shape index (κ2) is 11.3. The summed E-state index contributed by atoms with van der Waals surface area (Å²) >= 11 is 0. The number of amides is 3. The molecule has 0 saturated carbocycles. The number of benzene rings is 2. The fourth-order valence-corrected chi connectivity index (χ4v) is 2.37. The number of hydrogen-bond donors (Lipinski definition) is 3. The number of ether oxygens (including phenoxy) is 2. The second-order valence-electron chi connectivity index (χ2n) is 6.05. The summed E-state index contributed by atoms with van der Waals surface area (Å²) in [5.41, 5.74) is 1.15. The molecular weight excluding hydrogens is 374 g/mol. The number of hydrogen-bond acceptors (Lipinski definition) is 5.